The Morgan fingerprint density at radius 2 is 1.80 bits per heavy atom. The van der Waals surface area contributed by atoms with Crippen molar-refractivity contribution in [3.63, 3.8) is 0 Å². The van der Waals surface area contributed by atoms with Gasteiger partial charge in [-0.3, -0.25) is 19.6 Å². The maximum absolute atomic E-state index is 12.7. The van der Waals surface area contributed by atoms with E-state index in [0.29, 0.717) is 12.1 Å². The molecule has 0 aliphatic carbocycles. The van der Waals surface area contributed by atoms with Crippen LogP contribution in [0.2, 0.25) is 0 Å². The summed E-state index contributed by atoms with van der Waals surface area (Å²) < 4.78 is 32.7. The zero-order chi connectivity index (χ0) is 22.1. The Kier molecular flexibility index (Phi) is 8.16. The fourth-order valence-corrected chi connectivity index (χ4v) is 3.80. The smallest absolute Gasteiger partial charge is 0.271 e. The van der Waals surface area contributed by atoms with E-state index in [-0.39, 0.29) is 27.9 Å². The van der Waals surface area contributed by atoms with Crippen LogP contribution >= 0.6 is 0 Å². The normalized spacial score (nSPS) is 11.0. The van der Waals surface area contributed by atoms with Crippen molar-refractivity contribution in [2.24, 2.45) is 0 Å². The molecule has 9 nitrogen and oxygen atoms in total. The number of nitro groups is 1. The van der Waals surface area contributed by atoms with Gasteiger partial charge in [0.2, 0.25) is 0 Å². The van der Waals surface area contributed by atoms with Crippen LogP contribution in [0.15, 0.2) is 47.4 Å². The van der Waals surface area contributed by atoms with Gasteiger partial charge in [0.15, 0.2) is 0 Å². The standard InChI is InChI=1S/C20H25N3O6S/c1-3-4-5-6-13-21-20(24)15-7-10-17(11-8-15)30(27,28)22-18-14-16(23(25)26)9-12-19(18)29-2/h7-12,14,22H,3-6,13H2,1-2H3,(H,21,24). The van der Waals surface area contributed by atoms with Crippen molar-refractivity contribution in [1.82, 2.24) is 5.32 Å². The molecule has 0 aliphatic heterocycles. The lowest BCUT2D eigenvalue weighted by molar-refractivity contribution is -0.384. The third-order valence-corrected chi connectivity index (χ3v) is 5.76. The Hall–Kier alpha value is -3.14. The largest absolute Gasteiger partial charge is 0.495 e. The highest BCUT2D eigenvalue weighted by Gasteiger charge is 2.19. The van der Waals surface area contributed by atoms with Crippen LogP contribution in [0.4, 0.5) is 11.4 Å². The van der Waals surface area contributed by atoms with Crippen LogP contribution in [-0.4, -0.2) is 32.9 Å². The van der Waals surface area contributed by atoms with E-state index in [0.717, 1.165) is 31.7 Å². The third kappa shape index (κ3) is 6.18. The molecular weight excluding hydrogens is 410 g/mol. The molecule has 30 heavy (non-hydrogen) atoms. The number of methoxy groups -OCH3 is 1. The SMILES string of the molecule is CCCCCCNC(=O)c1ccc(S(=O)(=O)Nc2cc([N+](=O)[O-])ccc2OC)cc1. The average Bonchev–Trinajstić information content (AvgIpc) is 2.73. The van der Waals surface area contributed by atoms with Crippen molar-refractivity contribution in [2.75, 3.05) is 18.4 Å². The lowest BCUT2D eigenvalue weighted by Crippen LogP contribution is -2.24. The number of hydrogen-bond acceptors (Lipinski definition) is 6. The van der Waals surface area contributed by atoms with Crippen molar-refractivity contribution < 1.29 is 22.9 Å². The van der Waals surface area contributed by atoms with Gasteiger partial charge in [0.05, 0.1) is 22.6 Å². The second-order valence-electron chi connectivity index (χ2n) is 6.59. The highest BCUT2D eigenvalue weighted by molar-refractivity contribution is 7.92. The van der Waals surface area contributed by atoms with Crippen LogP contribution in [0, 0.1) is 10.1 Å². The van der Waals surface area contributed by atoms with Crippen LogP contribution in [0.25, 0.3) is 0 Å². The second-order valence-corrected chi connectivity index (χ2v) is 8.27. The van der Waals surface area contributed by atoms with Crippen LogP contribution in [0.1, 0.15) is 43.0 Å². The minimum absolute atomic E-state index is 0.0550. The quantitative estimate of drug-likeness (QED) is 0.315. The highest BCUT2D eigenvalue weighted by atomic mass is 32.2. The maximum atomic E-state index is 12.7. The number of nitrogens with one attached hydrogen (secondary N) is 2. The molecule has 1 amide bonds. The van der Waals surface area contributed by atoms with E-state index in [1.165, 1.54) is 43.5 Å². The van der Waals surface area contributed by atoms with Gasteiger partial charge in [-0.15, -0.1) is 0 Å². The first-order chi connectivity index (χ1) is 14.3. The predicted octanol–water partition coefficient (Wildman–Crippen LogP) is 3.71. The number of amides is 1. The van der Waals surface area contributed by atoms with Gasteiger partial charge in [-0.05, 0) is 36.8 Å². The highest BCUT2D eigenvalue weighted by Crippen LogP contribution is 2.30. The molecule has 0 atom stereocenters. The van der Waals surface area contributed by atoms with Crippen LogP contribution in [0.3, 0.4) is 0 Å². The van der Waals surface area contributed by atoms with Gasteiger partial charge < -0.3 is 10.1 Å². The molecule has 2 rings (SSSR count). The summed E-state index contributed by atoms with van der Waals surface area (Å²) in [7, 11) is -2.71. The molecule has 0 unspecified atom stereocenters. The molecule has 0 radical (unpaired) electrons. The van der Waals surface area contributed by atoms with Crippen LogP contribution < -0.4 is 14.8 Å². The number of nitro benzene ring substituents is 1. The molecule has 162 valence electrons. The lowest BCUT2D eigenvalue weighted by atomic mass is 10.2. The van der Waals surface area contributed by atoms with E-state index in [2.05, 4.69) is 17.0 Å². The Labute approximate surface area is 175 Å². The predicted molar refractivity (Wildman–Crippen MR) is 113 cm³/mol. The average molecular weight is 436 g/mol. The number of carbonyl (C=O) groups is 1. The number of anilines is 1. The first-order valence-corrected chi connectivity index (χ1v) is 11.0. The number of unbranched alkanes of at least 4 members (excludes halogenated alkanes) is 3. The topological polar surface area (TPSA) is 128 Å². The first kappa shape index (κ1) is 23.1. The molecule has 0 spiro atoms. The monoisotopic (exact) mass is 435 g/mol. The Morgan fingerprint density at radius 1 is 1.10 bits per heavy atom. The number of non-ortho nitro benzene ring substituents is 1. The number of sulfonamides is 1. The fourth-order valence-electron chi connectivity index (χ4n) is 2.73. The molecule has 2 N–H and O–H groups in total. The fraction of sp³-hybridized carbons (Fsp3) is 0.350. The Morgan fingerprint density at radius 3 is 2.40 bits per heavy atom. The van der Waals surface area contributed by atoms with E-state index in [1.54, 1.807) is 0 Å². The number of rotatable bonds is 11. The Bertz CT molecular complexity index is 990. The molecule has 10 heteroatoms. The summed E-state index contributed by atoms with van der Waals surface area (Å²) in [5.74, 6) is -0.132. The molecule has 0 bridgehead atoms. The van der Waals surface area contributed by atoms with Gasteiger partial charge in [0.1, 0.15) is 5.75 Å². The van der Waals surface area contributed by atoms with Gasteiger partial charge in [-0.1, -0.05) is 26.2 Å². The number of hydrogen-bond donors (Lipinski definition) is 2. The summed E-state index contributed by atoms with van der Waals surface area (Å²) in [6.07, 6.45) is 4.16. The van der Waals surface area contributed by atoms with E-state index in [9.17, 15) is 23.3 Å². The zero-order valence-corrected chi connectivity index (χ0v) is 17.7. The van der Waals surface area contributed by atoms with Gasteiger partial charge in [0.25, 0.3) is 21.6 Å². The molecule has 0 heterocycles. The molecule has 0 fully saturated rings. The minimum Gasteiger partial charge on any atom is -0.495 e. The van der Waals surface area contributed by atoms with Gasteiger partial charge in [0, 0.05) is 24.2 Å². The number of carbonyl (C=O) groups excluding carboxylic acids is 1. The lowest BCUT2D eigenvalue weighted by Gasteiger charge is -2.12. The van der Waals surface area contributed by atoms with Crippen molar-refractivity contribution >= 4 is 27.3 Å². The van der Waals surface area contributed by atoms with Crippen molar-refractivity contribution in [3.8, 4) is 5.75 Å². The van der Waals surface area contributed by atoms with E-state index in [4.69, 9.17) is 4.74 Å². The molecule has 0 saturated heterocycles. The van der Waals surface area contributed by atoms with Gasteiger partial charge >= 0.3 is 0 Å². The van der Waals surface area contributed by atoms with E-state index >= 15 is 0 Å². The molecule has 0 saturated carbocycles. The zero-order valence-electron chi connectivity index (χ0n) is 16.9. The molecule has 2 aromatic carbocycles. The van der Waals surface area contributed by atoms with Crippen LogP contribution in [0.5, 0.6) is 5.75 Å². The molecule has 0 aromatic heterocycles. The van der Waals surface area contributed by atoms with Crippen molar-refractivity contribution in [3.05, 3.63) is 58.1 Å². The third-order valence-electron chi connectivity index (χ3n) is 4.38. The summed E-state index contributed by atoms with van der Waals surface area (Å²) in [6.45, 7) is 2.67. The number of nitrogens with zero attached hydrogens (tertiary/aromatic N) is 1. The van der Waals surface area contributed by atoms with Gasteiger partial charge in [-0.2, -0.15) is 0 Å². The minimum atomic E-state index is -4.04. The molecule has 2 aromatic rings. The summed E-state index contributed by atoms with van der Waals surface area (Å²) in [5.41, 5.74) is 0.0115. The van der Waals surface area contributed by atoms with Crippen LogP contribution in [-0.2, 0) is 10.0 Å². The molecular formula is C20H25N3O6S. The van der Waals surface area contributed by atoms with Gasteiger partial charge in [-0.25, -0.2) is 8.42 Å². The van der Waals surface area contributed by atoms with E-state index < -0.39 is 14.9 Å². The summed E-state index contributed by atoms with van der Waals surface area (Å²) in [4.78, 5) is 22.4. The van der Waals surface area contributed by atoms with E-state index in [1.807, 2.05) is 0 Å². The first-order valence-electron chi connectivity index (χ1n) is 9.52. The van der Waals surface area contributed by atoms with Crippen molar-refractivity contribution in [1.29, 1.82) is 0 Å². The summed E-state index contributed by atoms with van der Waals surface area (Å²) in [5, 5.41) is 13.8. The van der Waals surface area contributed by atoms with Crippen molar-refractivity contribution in [2.45, 2.75) is 37.5 Å². The Balaban J connectivity index is 2.11. The molecule has 0 aliphatic rings. The second kappa shape index (κ2) is 10.6. The number of benzene rings is 2. The number of ether oxygens (including phenoxy) is 1. The maximum Gasteiger partial charge on any atom is 0.271 e. The summed E-state index contributed by atoms with van der Waals surface area (Å²) in [6, 6.07) is 9.05. The summed E-state index contributed by atoms with van der Waals surface area (Å²) >= 11 is 0.